The molecule has 0 unspecified atom stereocenters. The standard InChI is InChI=1S/C60H90O6/c1-17-19-21-23-41-33-47(51-43-31-39(3)25-27-45(43)59(13,14)65-49(51)35-41)63-53(61)57(9,10)37-55(5,6)29-30-56(7,8)38-58(11,12)54(62)64-48-34-42(24-22-20-18-2)36-50-52(48)44-32-40(4)26-28-46(44)60(15,16)66-50/h31-36,43-46H,17-30,37-38H2,1-16H3/t43-,44+,45-,46+. The van der Waals surface area contributed by atoms with Gasteiger partial charge in [0.15, 0.2) is 0 Å². The summed E-state index contributed by atoms with van der Waals surface area (Å²) in [6, 6.07) is 8.71. The van der Waals surface area contributed by atoms with E-state index in [4.69, 9.17) is 18.9 Å². The van der Waals surface area contributed by atoms with Crippen molar-refractivity contribution in [1.29, 1.82) is 0 Å². The minimum Gasteiger partial charge on any atom is -0.487 e. The van der Waals surface area contributed by atoms with Gasteiger partial charge >= 0.3 is 11.9 Å². The molecule has 66 heavy (non-hydrogen) atoms. The fraction of sp³-hybridized carbons (Fsp3) is 0.700. The number of esters is 2. The van der Waals surface area contributed by atoms with Crippen LogP contribution in [0.15, 0.2) is 47.6 Å². The van der Waals surface area contributed by atoms with Gasteiger partial charge in [-0.3, -0.25) is 9.59 Å². The highest BCUT2D eigenvalue weighted by Crippen LogP contribution is 2.56. The molecule has 0 amide bonds. The Kier molecular flexibility index (Phi) is 15.6. The Morgan fingerprint density at radius 1 is 0.591 bits per heavy atom. The molecule has 2 aromatic carbocycles. The number of fused-ring (bicyclic) bond motifs is 6. The Labute approximate surface area is 401 Å². The second-order valence-corrected chi connectivity index (χ2v) is 25.4. The van der Waals surface area contributed by atoms with Crippen molar-refractivity contribution in [2.24, 2.45) is 33.5 Å². The van der Waals surface area contributed by atoms with E-state index in [9.17, 15) is 9.59 Å². The number of hydrogen-bond acceptors (Lipinski definition) is 6. The molecule has 0 aromatic heterocycles. The molecule has 2 aromatic rings. The van der Waals surface area contributed by atoms with E-state index >= 15 is 0 Å². The van der Waals surface area contributed by atoms with Crippen LogP contribution in [0.2, 0.25) is 0 Å². The minimum atomic E-state index is -0.734. The van der Waals surface area contributed by atoms with Crippen LogP contribution in [0.3, 0.4) is 0 Å². The summed E-state index contributed by atoms with van der Waals surface area (Å²) in [7, 11) is 0. The normalized spacial score (nSPS) is 22.3. The van der Waals surface area contributed by atoms with E-state index < -0.39 is 10.8 Å². The summed E-state index contributed by atoms with van der Waals surface area (Å²) in [5.74, 6) is 3.61. The first-order chi connectivity index (χ1) is 30.7. The van der Waals surface area contributed by atoms with Crippen molar-refractivity contribution < 1.29 is 28.5 Å². The molecule has 2 heterocycles. The molecular weight excluding hydrogens is 817 g/mol. The van der Waals surface area contributed by atoms with Gasteiger partial charge in [0.1, 0.15) is 34.2 Å². The predicted octanol–water partition coefficient (Wildman–Crippen LogP) is 16.5. The third kappa shape index (κ3) is 12.0. The highest BCUT2D eigenvalue weighted by Gasteiger charge is 2.48. The lowest BCUT2D eigenvalue weighted by Crippen LogP contribution is -2.45. The molecule has 0 saturated carbocycles. The summed E-state index contributed by atoms with van der Waals surface area (Å²) in [4.78, 5) is 29.0. The van der Waals surface area contributed by atoms with Crippen LogP contribution in [0.5, 0.6) is 23.0 Å². The predicted molar refractivity (Wildman–Crippen MR) is 272 cm³/mol. The van der Waals surface area contributed by atoms with E-state index in [1.54, 1.807) is 0 Å². The first kappa shape index (κ1) is 51.8. The van der Waals surface area contributed by atoms with Crippen LogP contribution in [0, 0.1) is 33.5 Å². The maximum atomic E-state index is 14.5. The lowest BCUT2D eigenvalue weighted by Gasteiger charge is -2.47. The maximum Gasteiger partial charge on any atom is 0.316 e. The number of hydrogen-bond donors (Lipinski definition) is 0. The summed E-state index contributed by atoms with van der Waals surface area (Å²) in [6.45, 7) is 35.1. The molecule has 0 bridgehead atoms. The number of unbranched alkanes of at least 4 members (excludes halogenated alkanes) is 4. The Morgan fingerprint density at radius 2 is 0.955 bits per heavy atom. The number of ether oxygens (including phenoxy) is 4. The van der Waals surface area contributed by atoms with Gasteiger partial charge in [0.2, 0.25) is 0 Å². The first-order valence-electron chi connectivity index (χ1n) is 26.2. The van der Waals surface area contributed by atoms with Crippen LogP contribution in [-0.2, 0) is 22.4 Å². The molecule has 4 atom stereocenters. The molecule has 4 aliphatic rings. The average Bonchev–Trinajstić information content (AvgIpc) is 3.18. The summed E-state index contributed by atoms with van der Waals surface area (Å²) in [5, 5.41) is 0. The topological polar surface area (TPSA) is 71.1 Å². The number of benzene rings is 2. The lowest BCUT2D eigenvalue weighted by molar-refractivity contribution is -0.147. The van der Waals surface area contributed by atoms with Gasteiger partial charge in [-0.1, -0.05) is 90.5 Å². The monoisotopic (exact) mass is 907 g/mol. The number of carbonyl (C=O) groups is 2. The van der Waals surface area contributed by atoms with E-state index in [1.165, 1.54) is 22.3 Å². The SMILES string of the molecule is CCCCCc1cc(OC(=O)C(C)(C)CC(C)(C)CCC(C)(C)CC(C)(C)C(=O)Oc2cc(CCCCC)cc3c2[C@@H]2C=C(C)CC[C@H]2C(C)(C)O3)c2c(c1)OC(C)(C)[C@H]1CCC(C)=C[C@H]21. The van der Waals surface area contributed by atoms with Crippen molar-refractivity contribution in [3.63, 3.8) is 0 Å². The third-order valence-corrected chi connectivity index (χ3v) is 16.0. The molecule has 0 saturated heterocycles. The van der Waals surface area contributed by atoms with Crippen LogP contribution >= 0.6 is 0 Å². The number of aryl methyl sites for hydroxylation is 2. The molecule has 0 spiro atoms. The third-order valence-electron chi connectivity index (χ3n) is 16.0. The Hall–Kier alpha value is -3.54. The summed E-state index contributed by atoms with van der Waals surface area (Å²) >= 11 is 0. The van der Waals surface area contributed by atoms with Crippen molar-refractivity contribution in [1.82, 2.24) is 0 Å². The van der Waals surface area contributed by atoms with Gasteiger partial charge in [-0.05, 0) is 193 Å². The smallest absolute Gasteiger partial charge is 0.316 e. The maximum absolute atomic E-state index is 14.5. The molecule has 0 fully saturated rings. The van der Waals surface area contributed by atoms with Crippen LogP contribution in [0.25, 0.3) is 0 Å². The molecule has 6 heteroatoms. The largest absolute Gasteiger partial charge is 0.487 e. The van der Waals surface area contributed by atoms with Crippen molar-refractivity contribution in [3.8, 4) is 23.0 Å². The molecule has 6 rings (SSSR count). The molecule has 366 valence electrons. The van der Waals surface area contributed by atoms with Gasteiger partial charge in [0.25, 0.3) is 0 Å². The first-order valence-corrected chi connectivity index (χ1v) is 26.2. The number of rotatable bonds is 19. The van der Waals surface area contributed by atoms with Crippen molar-refractivity contribution >= 4 is 11.9 Å². The number of carbonyl (C=O) groups excluding carboxylic acids is 2. The zero-order chi connectivity index (χ0) is 48.6. The van der Waals surface area contributed by atoms with Gasteiger partial charge < -0.3 is 18.9 Å². The zero-order valence-corrected chi connectivity index (χ0v) is 44.5. The van der Waals surface area contributed by atoms with E-state index in [2.05, 4.69) is 120 Å². The molecular formula is C60H90O6. The molecule has 2 aliphatic heterocycles. The van der Waals surface area contributed by atoms with Crippen LogP contribution < -0.4 is 18.9 Å². The van der Waals surface area contributed by atoms with Crippen molar-refractivity contribution in [2.45, 2.75) is 237 Å². The van der Waals surface area contributed by atoms with Crippen LogP contribution in [0.1, 0.15) is 235 Å². The van der Waals surface area contributed by atoms with Gasteiger partial charge in [-0.15, -0.1) is 0 Å². The Balaban J connectivity index is 1.15. The highest BCUT2D eigenvalue weighted by molar-refractivity contribution is 5.80. The fourth-order valence-electron chi connectivity index (χ4n) is 12.6. The Bertz CT molecular complexity index is 1990. The van der Waals surface area contributed by atoms with Gasteiger partial charge in [0, 0.05) is 34.8 Å². The second kappa shape index (κ2) is 19.8. The van der Waals surface area contributed by atoms with Gasteiger partial charge in [-0.2, -0.15) is 0 Å². The summed E-state index contributed by atoms with van der Waals surface area (Å²) in [5.41, 5.74) is 4.76. The summed E-state index contributed by atoms with van der Waals surface area (Å²) in [6.07, 6.45) is 20.9. The lowest BCUT2D eigenvalue weighted by atomic mass is 9.67. The summed E-state index contributed by atoms with van der Waals surface area (Å²) < 4.78 is 26.9. The van der Waals surface area contributed by atoms with E-state index in [1.807, 2.05) is 27.7 Å². The van der Waals surface area contributed by atoms with E-state index in [-0.39, 0.29) is 45.8 Å². The van der Waals surface area contributed by atoms with Crippen molar-refractivity contribution in [3.05, 3.63) is 69.8 Å². The van der Waals surface area contributed by atoms with E-state index in [0.717, 1.165) is 113 Å². The van der Waals surface area contributed by atoms with Crippen molar-refractivity contribution in [2.75, 3.05) is 0 Å². The Morgan fingerprint density at radius 3 is 1.30 bits per heavy atom. The molecule has 2 aliphatic carbocycles. The van der Waals surface area contributed by atoms with Crippen LogP contribution in [-0.4, -0.2) is 23.1 Å². The number of allylic oxidation sites excluding steroid dienone is 4. The van der Waals surface area contributed by atoms with E-state index in [0.29, 0.717) is 36.2 Å². The molecule has 0 radical (unpaired) electrons. The minimum absolute atomic E-state index is 0.145. The van der Waals surface area contributed by atoms with Crippen LogP contribution in [0.4, 0.5) is 0 Å². The molecule has 6 nitrogen and oxygen atoms in total. The quantitative estimate of drug-likeness (QED) is 0.0605. The molecule has 0 N–H and O–H groups in total. The zero-order valence-electron chi connectivity index (χ0n) is 44.5. The van der Waals surface area contributed by atoms with Gasteiger partial charge in [-0.25, -0.2) is 0 Å². The van der Waals surface area contributed by atoms with Gasteiger partial charge in [0.05, 0.1) is 10.8 Å². The second-order valence-electron chi connectivity index (χ2n) is 25.4. The fourth-order valence-corrected chi connectivity index (χ4v) is 12.6. The highest BCUT2D eigenvalue weighted by atomic mass is 16.5. The average molecular weight is 907 g/mol.